The minimum Gasteiger partial charge on any atom is -0.344 e. The number of rotatable bonds is 2. The zero-order valence-corrected chi connectivity index (χ0v) is 13.3. The lowest BCUT2D eigenvalue weighted by Crippen LogP contribution is -2.60. The summed E-state index contributed by atoms with van der Waals surface area (Å²) in [6, 6.07) is 2.89. The van der Waals surface area contributed by atoms with Crippen LogP contribution < -0.4 is 9.80 Å². The molecule has 0 radical (unpaired) electrons. The summed E-state index contributed by atoms with van der Waals surface area (Å²) >= 11 is 0. The Balaban J connectivity index is 1.75. The molecule has 0 spiro atoms. The van der Waals surface area contributed by atoms with Crippen LogP contribution in [-0.2, 0) is 0 Å². The van der Waals surface area contributed by atoms with E-state index in [1.54, 1.807) is 6.07 Å². The number of pyridine rings is 1. The monoisotopic (exact) mass is 302 g/mol. The van der Waals surface area contributed by atoms with E-state index in [-0.39, 0.29) is 11.9 Å². The first-order chi connectivity index (χ1) is 10.6. The van der Waals surface area contributed by atoms with E-state index < -0.39 is 0 Å². The Kier molecular flexibility index (Phi) is 3.15. The van der Waals surface area contributed by atoms with E-state index in [1.807, 2.05) is 0 Å². The van der Waals surface area contributed by atoms with E-state index in [1.165, 1.54) is 6.20 Å². The number of fused-ring (bicyclic) bond motifs is 3. The first-order valence-corrected chi connectivity index (χ1v) is 8.20. The molecule has 22 heavy (non-hydrogen) atoms. The Hall–Kier alpha value is -1.62. The smallest absolute Gasteiger partial charge is 0.153 e. The molecule has 0 amide bonds. The van der Waals surface area contributed by atoms with Crippen molar-refractivity contribution in [1.29, 1.82) is 0 Å². The highest BCUT2D eigenvalue weighted by Crippen LogP contribution is 2.45. The second-order valence-electron chi connectivity index (χ2n) is 6.89. The average Bonchev–Trinajstić information content (AvgIpc) is 3.31. The average molecular weight is 302 g/mol. The van der Waals surface area contributed by atoms with Crippen molar-refractivity contribution in [3.63, 3.8) is 0 Å². The predicted molar refractivity (Wildman–Crippen MR) is 86.7 cm³/mol. The molecule has 0 N–H and O–H groups in total. The summed E-state index contributed by atoms with van der Waals surface area (Å²) in [7, 11) is 0. The van der Waals surface area contributed by atoms with Gasteiger partial charge in [0.25, 0.3) is 0 Å². The third-order valence-corrected chi connectivity index (χ3v) is 5.09. The van der Waals surface area contributed by atoms with Crippen LogP contribution in [-0.4, -0.2) is 47.6 Å². The standard InChI is InChI=1S/C17H23FN4/c1-11(2)20-6-7-21-16(10-20)12(3)22(14-4-5-14)15-8-13(18)9-19-17(15)21/h8-9,11,14,16H,3-7,10H2,1-2H3/t16-/m0/s1. The van der Waals surface area contributed by atoms with E-state index in [2.05, 4.69) is 40.1 Å². The van der Waals surface area contributed by atoms with Gasteiger partial charge < -0.3 is 9.80 Å². The quantitative estimate of drug-likeness (QED) is 0.837. The molecular formula is C17H23FN4. The van der Waals surface area contributed by atoms with Gasteiger partial charge in [-0.05, 0) is 26.7 Å². The maximum absolute atomic E-state index is 13.7. The van der Waals surface area contributed by atoms with E-state index in [0.29, 0.717) is 12.1 Å². The highest BCUT2D eigenvalue weighted by Gasteiger charge is 2.43. The molecule has 4 nitrogen and oxygen atoms in total. The third-order valence-electron chi connectivity index (χ3n) is 5.09. The summed E-state index contributed by atoms with van der Waals surface area (Å²) in [6.07, 6.45) is 3.66. The number of hydrogen-bond donors (Lipinski definition) is 0. The summed E-state index contributed by atoms with van der Waals surface area (Å²) < 4.78 is 13.7. The fraction of sp³-hybridized carbons (Fsp3) is 0.588. The highest BCUT2D eigenvalue weighted by atomic mass is 19.1. The van der Waals surface area contributed by atoms with Crippen LogP contribution >= 0.6 is 0 Å². The van der Waals surface area contributed by atoms with E-state index >= 15 is 0 Å². The number of halogens is 1. The Bertz CT molecular complexity index is 611. The van der Waals surface area contributed by atoms with E-state index in [9.17, 15) is 4.39 Å². The van der Waals surface area contributed by atoms with Crippen molar-refractivity contribution in [3.05, 3.63) is 30.4 Å². The molecule has 1 saturated heterocycles. The van der Waals surface area contributed by atoms with E-state index in [0.717, 1.165) is 49.7 Å². The minimum absolute atomic E-state index is 0.252. The van der Waals surface area contributed by atoms with Crippen molar-refractivity contribution in [2.45, 2.75) is 44.8 Å². The number of hydrogen-bond acceptors (Lipinski definition) is 4. The second kappa shape index (κ2) is 4.95. The summed E-state index contributed by atoms with van der Waals surface area (Å²) in [5.41, 5.74) is 2.01. The molecule has 2 fully saturated rings. The third kappa shape index (κ3) is 2.10. The van der Waals surface area contributed by atoms with Gasteiger partial charge in [-0.3, -0.25) is 4.90 Å². The van der Waals surface area contributed by atoms with Gasteiger partial charge in [-0.2, -0.15) is 0 Å². The summed E-state index contributed by atoms with van der Waals surface area (Å²) in [6.45, 7) is 11.8. The number of aromatic nitrogens is 1. The van der Waals surface area contributed by atoms with Crippen LogP contribution in [0.25, 0.3) is 0 Å². The van der Waals surface area contributed by atoms with Gasteiger partial charge in [0.1, 0.15) is 5.82 Å². The largest absolute Gasteiger partial charge is 0.344 e. The number of nitrogens with zero attached hydrogens (tertiary/aromatic N) is 4. The molecule has 1 aromatic heterocycles. The fourth-order valence-corrected chi connectivity index (χ4v) is 3.71. The molecule has 3 heterocycles. The second-order valence-corrected chi connectivity index (χ2v) is 6.89. The molecule has 0 bridgehead atoms. The van der Waals surface area contributed by atoms with Crippen LogP contribution in [0.5, 0.6) is 0 Å². The van der Waals surface area contributed by atoms with Crippen LogP contribution in [0.15, 0.2) is 24.5 Å². The summed E-state index contributed by atoms with van der Waals surface area (Å²) in [5.74, 6) is 0.658. The molecule has 1 saturated carbocycles. The molecule has 4 rings (SSSR count). The van der Waals surface area contributed by atoms with Gasteiger partial charge in [-0.25, -0.2) is 9.37 Å². The van der Waals surface area contributed by atoms with Crippen molar-refractivity contribution in [1.82, 2.24) is 9.88 Å². The van der Waals surface area contributed by atoms with Crippen LogP contribution in [0.3, 0.4) is 0 Å². The van der Waals surface area contributed by atoms with Crippen LogP contribution in [0, 0.1) is 5.82 Å². The molecule has 1 aromatic rings. The molecule has 1 atom stereocenters. The first-order valence-electron chi connectivity index (χ1n) is 8.20. The molecule has 118 valence electrons. The Morgan fingerprint density at radius 3 is 2.77 bits per heavy atom. The maximum Gasteiger partial charge on any atom is 0.153 e. The summed E-state index contributed by atoms with van der Waals surface area (Å²) in [5, 5.41) is 0. The zero-order chi connectivity index (χ0) is 15.4. The molecule has 5 heteroatoms. The Morgan fingerprint density at radius 1 is 1.32 bits per heavy atom. The molecule has 2 aliphatic heterocycles. The van der Waals surface area contributed by atoms with Gasteiger partial charge in [-0.1, -0.05) is 6.58 Å². The van der Waals surface area contributed by atoms with Gasteiger partial charge >= 0.3 is 0 Å². The van der Waals surface area contributed by atoms with Crippen molar-refractivity contribution >= 4 is 11.5 Å². The van der Waals surface area contributed by atoms with E-state index in [4.69, 9.17) is 0 Å². The lowest BCUT2D eigenvalue weighted by Gasteiger charge is -2.50. The molecule has 0 aromatic carbocycles. The minimum atomic E-state index is -0.267. The van der Waals surface area contributed by atoms with Crippen LogP contribution in [0.2, 0.25) is 0 Å². The zero-order valence-electron chi connectivity index (χ0n) is 13.3. The lowest BCUT2D eigenvalue weighted by atomic mass is 10.0. The first kappa shape index (κ1) is 14.0. The molecule has 0 unspecified atom stereocenters. The summed E-state index contributed by atoms with van der Waals surface area (Å²) in [4.78, 5) is 11.5. The molecule has 3 aliphatic rings. The Labute approximate surface area is 131 Å². The molecule has 1 aliphatic carbocycles. The van der Waals surface area contributed by atoms with Gasteiger partial charge in [0.05, 0.1) is 17.9 Å². The SMILES string of the molecule is C=C1[C@@H]2CN(C(C)C)CCN2c2ncc(F)cc2N1C1CC1. The fourth-order valence-electron chi connectivity index (χ4n) is 3.71. The van der Waals surface area contributed by atoms with Gasteiger partial charge in [0, 0.05) is 43.5 Å². The Morgan fingerprint density at radius 2 is 2.09 bits per heavy atom. The molecular weight excluding hydrogens is 279 g/mol. The predicted octanol–water partition coefficient (Wildman–Crippen LogP) is 2.62. The van der Waals surface area contributed by atoms with Gasteiger partial charge in [-0.15, -0.1) is 0 Å². The normalized spacial score (nSPS) is 25.5. The van der Waals surface area contributed by atoms with Crippen molar-refractivity contribution in [2.24, 2.45) is 0 Å². The van der Waals surface area contributed by atoms with Gasteiger partial charge in [0.2, 0.25) is 0 Å². The number of piperazine rings is 1. The van der Waals surface area contributed by atoms with Crippen molar-refractivity contribution < 1.29 is 4.39 Å². The maximum atomic E-state index is 13.7. The van der Waals surface area contributed by atoms with Crippen molar-refractivity contribution in [2.75, 3.05) is 29.4 Å². The number of anilines is 2. The lowest BCUT2D eigenvalue weighted by molar-refractivity contribution is 0.187. The van der Waals surface area contributed by atoms with Crippen molar-refractivity contribution in [3.8, 4) is 0 Å². The van der Waals surface area contributed by atoms with Gasteiger partial charge in [0.15, 0.2) is 5.82 Å². The topological polar surface area (TPSA) is 22.6 Å². The van der Waals surface area contributed by atoms with Crippen LogP contribution in [0.4, 0.5) is 15.9 Å². The van der Waals surface area contributed by atoms with Crippen LogP contribution in [0.1, 0.15) is 26.7 Å². The highest BCUT2D eigenvalue weighted by molar-refractivity contribution is 5.76.